The first kappa shape index (κ1) is 17.9. The summed E-state index contributed by atoms with van der Waals surface area (Å²) in [4.78, 5) is 30.3. The predicted molar refractivity (Wildman–Crippen MR) is 94.3 cm³/mol. The lowest BCUT2D eigenvalue weighted by Gasteiger charge is -2.29. The van der Waals surface area contributed by atoms with E-state index in [1.54, 1.807) is 17.3 Å². The van der Waals surface area contributed by atoms with Gasteiger partial charge in [-0.3, -0.25) is 14.9 Å². The molecule has 0 saturated heterocycles. The first-order valence-electron chi connectivity index (χ1n) is 8.54. The van der Waals surface area contributed by atoms with E-state index < -0.39 is 5.60 Å². The Kier molecular flexibility index (Phi) is 4.92. The number of fused-ring (bicyclic) bond motifs is 1. The Morgan fingerprint density at radius 1 is 1.38 bits per heavy atom. The van der Waals surface area contributed by atoms with Crippen LogP contribution in [0.25, 0.3) is 0 Å². The number of rotatable bonds is 3. The quantitative estimate of drug-likeness (QED) is 0.875. The van der Waals surface area contributed by atoms with Crippen molar-refractivity contribution in [3.63, 3.8) is 0 Å². The van der Waals surface area contributed by atoms with Gasteiger partial charge in [-0.15, -0.1) is 0 Å². The number of pyridine rings is 1. The average molecular weight is 357 g/mol. The van der Waals surface area contributed by atoms with E-state index in [2.05, 4.69) is 20.5 Å². The van der Waals surface area contributed by atoms with Crippen molar-refractivity contribution in [1.29, 1.82) is 0 Å². The number of H-pyrrole nitrogens is 1. The maximum absolute atomic E-state index is 12.4. The third kappa shape index (κ3) is 4.19. The highest BCUT2D eigenvalue weighted by atomic mass is 16.6. The average Bonchev–Trinajstić information content (AvgIpc) is 3.02. The normalized spacial score (nSPS) is 13.9. The molecule has 3 rings (SSSR count). The van der Waals surface area contributed by atoms with Gasteiger partial charge in [0.05, 0.1) is 12.2 Å². The maximum Gasteiger partial charge on any atom is 0.410 e. The second-order valence-corrected chi connectivity index (χ2v) is 7.23. The van der Waals surface area contributed by atoms with E-state index in [1.165, 1.54) is 0 Å². The molecule has 0 aromatic carbocycles. The van der Waals surface area contributed by atoms with Crippen molar-refractivity contribution in [2.75, 3.05) is 6.54 Å². The number of hydrogen-bond donors (Lipinski definition) is 2. The molecule has 0 bridgehead atoms. The summed E-state index contributed by atoms with van der Waals surface area (Å²) >= 11 is 0. The van der Waals surface area contributed by atoms with Crippen LogP contribution in [0.15, 0.2) is 24.5 Å². The van der Waals surface area contributed by atoms with E-state index >= 15 is 0 Å². The number of hydrogen-bond acceptors (Lipinski definition) is 5. The fourth-order valence-corrected chi connectivity index (χ4v) is 2.76. The predicted octanol–water partition coefficient (Wildman–Crippen LogP) is 2.03. The van der Waals surface area contributed by atoms with Crippen LogP contribution in [0.1, 0.15) is 48.1 Å². The summed E-state index contributed by atoms with van der Waals surface area (Å²) in [6.07, 6.45) is 3.59. The third-order valence-corrected chi connectivity index (χ3v) is 3.98. The monoisotopic (exact) mass is 357 g/mol. The fourth-order valence-electron chi connectivity index (χ4n) is 2.76. The van der Waals surface area contributed by atoms with Crippen LogP contribution in [0.5, 0.6) is 0 Å². The van der Waals surface area contributed by atoms with E-state index in [0.717, 1.165) is 16.8 Å². The Labute approximate surface area is 151 Å². The van der Waals surface area contributed by atoms with Crippen LogP contribution in [0, 0.1) is 0 Å². The number of carbonyl (C=O) groups excluding carboxylic acids is 2. The molecule has 0 radical (unpaired) electrons. The number of amides is 2. The molecule has 0 atom stereocenters. The van der Waals surface area contributed by atoms with Crippen molar-refractivity contribution in [2.24, 2.45) is 0 Å². The molecule has 8 nitrogen and oxygen atoms in total. The van der Waals surface area contributed by atoms with Gasteiger partial charge in [-0.2, -0.15) is 5.10 Å². The molecule has 2 aromatic rings. The molecule has 0 unspecified atom stereocenters. The van der Waals surface area contributed by atoms with Gasteiger partial charge in [0.25, 0.3) is 5.91 Å². The third-order valence-electron chi connectivity index (χ3n) is 3.98. The number of aromatic nitrogens is 3. The van der Waals surface area contributed by atoms with Gasteiger partial charge >= 0.3 is 6.09 Å². The number of nitrogens with one attached hydrogen (secondary N) is 2. The lowest BCUT2D eigenvalue weighted by Crippen LogP contribution is -2.40. The van der Waals surface area contributed by atoms with Gasteiger partial charge in [-0.25, -0.2) is 4.79 Å². The summed E-state index contributed by atoms with van der Waals surface area (Å²) < 4.78 is 5.40. The summed E-state index contributed by atoms with van der Waals surface area (Å²) in [5.74, 6) is -0.239. The van der Waals surface area contributed by atoms with Crippen LogP contribution in [0.3, 0.4) is 0 Å². The van der Waals surface area contributed by atoms with Gasteiger partial charge in [0.2, 0.25) is 0 Å². The molecular formula is C18H23N5O3. The summed E-state index contributed by atoms with van der Waals surface area (Å²) in [6, 6.07) is 3.72. The molecule has 8 heteroatoms. The zero-order chi connectivity index (χ0) is 18.7. The Bertz CT molecular complexity index is 795. The Hall–Kier alpha value is -2.90. The number of aromatic amines is 1. The van der Waals surface area contributed by atoms with Crippen molar-refractivity contribution in [2.45, 2.75) is 45.9 Å². The molecule has 2 N–H and O–H groups in total. The van der Waals surface area contributed by atoms with Crippen molar-refractivity contribution in [3.05, 3.63) is 47.0 Å². The zero-order valence-electron chi connectivity index (χ0n) is 15.2. The van der Waals surface area contributed by atoms with Gasteiger partial charge in [0.15, 0.2) is 5.69 Å². The standard InChI is InChI=1S/C18H23N5O3/c1-18(2,3)26-17(25)23-8-6-13-14(11-23)21-22-15(13)16(24)20-10-12-5-4-7-19-9-12/h4-5,7,9H,6,8,10-11H2,1-3H3,(H,20,24)(H,21,22). The minimum absolute atomic E-state index is 0.239. The molecule has 0 aliphatic carbocycles. The Morgan fingerprint density at radius 3 is 2.88 bits per heavy atom. The van der Waals surface area contributed by atoms with Gasteiger partial charge in [-0.1, -0.05) is 6.07 Å². The molecule has 0 fully saturated rings. The van der Waals surface area contributed by atoms with E-state index in [9.17, 15) is 9.59 Å². The van der Waals surface area contributed by atoms with Crippen LogP contribution in [0.4, 0.5) is 4.79 Å². The Morgan fingerprint density at radius 2 is 2.19 bits per heavy atom. The first-order valence-corrected chi connectivity index (χ1v) is 8.54. The second kappa shape index (κ2) is 7.15. The number of nitrogens with zero attached hydrogens (tertiary/aromatic N) is 3. The molecule has 138 valence electrons. The lowest BCUT2D eigenvalue weighted by molar-refractivity contribution is 0.0221. The van der Waals surface area contributed by atoms with Crippen molar-refractivity contribution in [1.82, 2.24) is 25.4 Å². The summed E-state index contributed by atoms with van der Waals surface area (Å²) in [5.41, 5.74) is 2.39. The fraction of sp³-hybridized carbons (Fsp3) is 0.444. The van der Waals surface area contributed by atoms with E-state index in [-0.39, 0.29) is 12.0 Å². The highest BCUT2D eigenvalue weighted by molar-refractivity contribution is 5.94. The van der Waals surface area contributed by atoms with E-state index in [4.69, 9.17) is 4.74 Å². The molecule has 0 saturated carbocycles. The van der Waals surface area contributed by atoms with Crippen LogP contribution in [0.2, 0.25) is 0 Å². The van der Waals surface area contributed by atoms with Crippen LogP contribution in [-0.2, 0) is 24.2 Å². The van der Waals surface area contributed by atoms with Gasteiger partial charge in [-0.05, 0) is 38.8 Å². The molecule has 2 aromatic heterocycles. The number of carbonyl (C=O) groups is 2. The molecule has 26 heavy (non-hydrogen) atoms. The minimum Gasteiger partial charge on any atom is -0.444 e. The highest BCUT2D eigenvalue weighted by Gasteiger charge is 2.29. The molecule has 1 aliphatic rings. The summed E-state index contributed by atoms with van der Waals surface area (Å²) in [6.45, 7) is 6.74. The topological polar surface area (TPSA) is 100 Å². The zero-order valence-corrected chi connectivity index (χ0v) is 15.2. The number of ether oxygens (including phenoxy) is 1. The van der Waals surface area contributed by atoms with Gasteiger partial charge in [0, 0.05) is 31.0 Å². The molecular weight excluding hydrogens is 334 g/mol. The van der Waals surface area contributed by atoms with Crippen LogP contribution in [-0.4, -0.2) is 44.2 Å². The van der Waals surface area contributed by atoms with Crippen molar-refractivity contribution >= 4 is 12.0 Å². The highest BCUT2D eigenvalue weighted by Crippen LogP contribution is 2.22. The largest absolute Gasteiger partial charge is 0.444 e. The Balaban J connectivity index is 1.63. The SMILES string of the molecule is CC(C)(C)OC(=O)N1CCc2c(C(=O)NCc3cccnc3)n[nH]c2C1. The van der Waals surface area contributed by atoms with E-state index in [1.807, 2.05) is 32.9 Å². The van der Waals surface area contributed by atoms with Gasteiger partial charge < -0.3 is 15.0 Å². The van der Waals surface area contributed by atoms with Crippen LogP contribution < -0.4 is 5.32 Å². The van der Waals surface area contributed by atoms with Crippen molar-refractivity contribution < 1.29 is 14.3 Å². The molecule has 3 heterocycles. The van der Waals surface area contributed by atoms with Crippen LogP contribution >= 0.6 is 0 Å². The smallest absolute Gasteiger partial charge is 0.410 e. The second-order valence-electron chi connectivity index (χ2n) is 7.23. The maximum atomic E-state index is 12.4. The van der Waals surface area contributed by atoms with Crippen molar-refractivity contribution in [3.8, 4) is 0 Å². The first-order chi connectivity index (χ1) is 12.3. The minimum atomic E-state index is -0.539. The molecule has 1 aliphatic heterocycles. The molecule has 2 amide bonds. The molecule has 0 spiro atoms. The van der Waals surface area contributed by atoms with E-state index in [0.29, 0.717) is 31.7 Å². The summed E-state index contributed by atoms with van der Waals surface area (Å²) in [7, 11) is 0. The van der Waals surface area contributed by atoms with Gasteiger partial charge in [0.1, 0.15) is 5.60 Å². The lowest BCUT2D eigenvalue weighted by atomic mass is 10.0. The summed E-state index contributed by atoms with van der Waals surface area (Å²) in [5, 5.41) is 9.88.